The van der Waals surface area contributed by atoms with Crippen LogP contribution in [0.3, 0.4) is 0 Å². The topological polar surface area (TPSA) is 79.9 Å². The number of likely N-dealkylation sites (N-methyl/N-ethyl adjacent to an activating group) is 1. The number of urea groups is 1. The summed E-state index contributed by atoms with van der Waals surface area (Å²) < 4.78 is 0. The molecule has 1 atom stereocenters. The Labute approximate surface area is 189 Å². The molecule has 1 saturated heterocycles. The first-order valence-corrected chi connectivity index (χ1v) is 11.5. The third-order valence-electron chi connectivity index (χ3n) is 7.00. The van der Waals surface area contributed by atoms with Crippen LogP contribution in [0.2, 0.25) is 0 Å². The van der Waals surface area contributed by atoms with E-state index in [9.17, 15) is 14.7 Å². The number of amides is 2. The SMILES string of the molecule is CC(C)C1N(C(=O)N2CCCN(C)CC2)C=C(C(=O)O)c2[nH]c3ccccc3c2C1(C)C. The number of hydrogen-bond acceptors (Lipinski definition) is 3. The zero-order chi connectivity index (χ0) is 23.2. The van der Waals surface area contributed by atoms with Crippen LogP contribution in [0.5, 0.6) is 0 Å². The molecule has 1 aromatic heterocycles. The highest BCUT2D eigenvalue weighted by atomic mass is 16.4. The Morgan fingerprint density at radius 2 is 1.84 bits per heavy atom. The van der Waals surface area contributed by atoms with E-state index in [1.807, 2.05) is 29.2 Å². The van der Waals surface area contributed by atoms with Crippen molar-refractivity contribution >= 4 is 28.5 Å². The van der Waals surface area contributed by atoms with Crippen LogP contribution >= 0.6 is 0 Å². The van der Waals surface area contributed by atoms with Crippen molar-refractivity contribution < 1.29 is 14.7 Å². The number of carbonyl (C=O) groups is 2. The molecule has 2 N–H and O–H groups in total. The largest absolute Gasteiger partial charge is 0.478 e. The van der Waals surface area contributed by atoms with Gasteiger partial charge in [0.15, 0.2) is 0 Å². The summed E-state index contributed by atoms with van der Waals surface area (Å²) in [6, 6.07) is 7.61. The highest BCUT2D eigenvalue weighted by Gasteiger charge is 2.46. The fourth-order valence-corrected chi connectivity index (χ4v) is 5.68. The van der Waals surface area contributed by atoms with Crippen molar-refractivity contribution in [2.24, 2.45) is 5.92 Å². The van der Waals surface area contributed by atoms with Crippen LogP contribution in [0.1, 0.15) is 45.4 Å². The standard InChI is InChI=1S/C25H34N4O3/c1-16(2)22-25(3,4)20-17-9-6-7-10-19(17)26-21(20)18(23(30)31)15-29(22)24(32)28-12-8-11-27(5)13-14-28/h6-7,9-10,15-16,22,26H,8,11-14H2,1-5H3,(H,30,31). The Morgan fingerprint density at radius 3 is 2.53 bits per heavy atom. The highest BCUT2D eigenvalue weighted by molar-refractivity contribution is 6.17. The van der Waals surface area contributed by atoms with E-state index in [2.05, 4.69) is 44.6 Å². The summed E-state index contributed by atoms with van der Waals surface area (Å²) in [4.78, 5) is 35.5. The molecule has 0 radical (unpaired) electrons. The highest BCUT2D eigenvalue weighted by Crippen LogP contribution is 2.45. The molecule has 0 saturated carbocycles. The molecule has 2 amide bonds. The van der Waals surface area contributed by atoms with Gasteiger partial charge in [-0.25, -0.2) is 9.59 Å². The molecular formula is C25H34N4O3. The molecule has 172 valence electrons. The second kappa shape index (κ2) is 8.28. The first-order chi connectivity index (χ1) is 15.1. The summed E-state index contributed by atoms with van der Waals surface area (Å²) in [6.45, 7) is 11.6. The molecule has 4 rings (SSSR count). The van der Waals surface area contributed by atoms with Gasteiger partial charge in [0.25, 0.3) is 0 Å². The lowest BCUT2D eigenvalue weighted by Gasteiger charge is -2.44. The van der Waals surface area contributed by atoms with Gasteiger partial charge in [0, 0.05) is 48.2 Å². The van der Waals surface area contributed by atoms with Crippen LogP contribution in [-0.2, 0) is 10.2 Å². The summed E-state index contributed by atoms with van der Waals surface area (Å²) >= 11 is 0. The van der Waals surface area contributed by atoms with Gasteiger partial charge in [-0.15, -0.1) is 0 Å². The van der Waals surface area contributed by atoms with E-state index in [4.69, 9.17) is 0 Å². The molecule has 7 heteroatoms. The van der Waals surface area contributed by atoms with E-state index in [0.29, 0.717) is 18.8 Å². The minimum atomic E-state index is -1.04. The third kappa shape index (κ3) is 3.68. The molecule has 2 aromatic rings. The zero-order valence-corrected chi connectivity index (χ0v) is 19.7. The fraction of sp³-hybridized carbons (Fsp3) is 0.520. The molecule has 7 nitrogen and oxygen atoms in total. The predicted octanol–water partition coefficient (Wildman–Crippen LogP) is 3.97. The molecule has 2 aliphatic heterocycles. The van der Waals surface area contributed by atoms with Crippen LogP contribution in [-0.4, -0.2) is 76.1 Å². The van der Waals surface area contributed by atoms with Crippen LogP contribution in [0, 0.1) is 5.92 Å². The number of hydrogen-bond donors (Lipinski definition) is 2. The van der Waals surface area contributed by atoms with Crippen molar-refractivity contribution in [3.8, 4) is 0 Å². The fourth-order valence-electron chi connectivity index (χ4n) is 5.68. The number of carboxylic acids is 1. The number of aromatic amines is 1. The Hall–Kier alpha value is -2.80. The molecule has 3 heterocycles. The Bertz CT molecular complexity index is 1070. The number of fused-ring (bicyclic) bond motifs is 3. The maximum atomic E-state index is 13.9. The normalized spacial score (nSPS) is 21.8. The van der Waals surface area contributed by atoms with Crippen LogP contribution in [0.4, 0.5) is 4.79 Å². The van der Waals surface area contributed by atoms with E-state index in [1.165, 1.54) is 0 Å². The summed E-state index contributed by atoms with van der Waals surface area (Å²) in [7, 11) is 2.07. The lowest BCUT2D eigenvalue weighted by molar-refractivity contribution is -0.130. The third-order valence-corrected chi connectivity index (χ3v) is 7.00. The number of H-pyrrole nitrogens is 1. The van der Waals surface area contributed by atoms with Crippen molar-refractivity contribution in [2.75, 3.05) is 33.2 Å². The molecular weight excluding hydrogens is 404 g/mol. The maximum absolute atomic E-state index is 13.9. The molecule has 2 aliphatic rings. The number of rotatable bonds is 2. The minimum absolute atomic E-state index is 0.111. The number of aromatic nitrogens is 1. The molecule has 1 unspecified atom stereocenters. The summed E-state index contributed by atoms with van der Waals surface area (Å²) in [5, 5.41) is 11.2. The zero-order valence-electron chi connectivity index (χ0n) is 19.7. The molecule has 0 aliphatic carbocycles. The number of nitrogens with one attached hydrogen (secondary N) is 1. The van der Waals surface area contributed by atoms with Crippen LogP contribution in [0.25, 0.3) is 16.5 Å². The van der Waals surface area contributed by atoms with Gasteiger partial charge in [0.1, 0.15) is 0 Å². The number of aliphatic carboxylic acids is 1. The summed E-state index contributed by atoms with van der Waals surface area (Å²) in [5.74, 6) is -0.916. The predicted molar refractivity (Wildman–Crippen MR) is 126 cm³/mol. The smallest absolute Gasteiger partial charge is 0.339 e. The molecule has 0 spiro atoms. The van der Waals surface area contributed by atoms with Crippen molar-refractivity contribution in [2.45, 2.75) is 45.6 Å². The van der Waals surface area contributed by atoms with E-state index < -0.39 is 11.4 Å². The Morgan fingerprint density at radius 1 is 1.12 bits per heavy atom. The molecule has 0 bridgehead atoms. The van der Waals surface area contributed by atoms with E-state index in [0.717, 1.165) is 36.0 Å². The molecule has 32 heavy (non-hydrogen) atoms. The average Bonchev–Trinajstić information content (AvgIpc) is 2.92. The quantitative estimate of drug-likeness (QED) is 0.744. The van der Waals surface area contributed by atoms with Crippen molar-refractivity contribution in [1.82, 2.24) is 19.7 Å². The Kier molecular flexibility index (Phi) is 5.79. The van der Waals surface area contributed by atoms with Gasteiger partial charge >= 0.3 is 12.0 Å². The monoisotopic (exact) mass is 438 g/mol. The van der Waals surface area contributed by atoms with Crippen molar-refractivity contribution in [3.63, 3.8) is 0 Å². The summed E-state index contributed by atoms with van der Waals surface area (Å²) in [6.07, 6.45) is 2.48. The van der Waals surface area contributed by atoms with Crippen molar-refractivity contribution in [1.29, 1.82) is 0 Å². The molecule has 1 fully saturated rings. The van der Waals surface area contributed by atoms with Crippen LogP contribution in [0.15, 0.2) is 30.5 Å². The lowest BCUT2D eigenvalue weighted by atomic mass is 9.72. The number of nitrogens with zero attached hydrogens (tertiary/aromatic N) is 3. The van der Waals surface area contributed by atoms with Gasteiger partial charge in [-0.2, -0.15) is 0 Å². The second-order valence-corrected chi connectivity index (χ2v) is 10.0. The van der Waals surface area contributed by atoms with E-state index in [-0.39, 0.29) is 23.6 Å². The second-order valence-electron chi connectivity index (χ2n) is 10.0. The number of carbonyl (C=O) groups excluding carboxylic acids is 1. The lowest BCUT2D eigenvalue weighted by Crippen LogP contribution is -2.54. The average molecular weight is 439 g/mol. The van der Waals surface area contributed by atoms with E-state index in [1.54, 1.807) is 11.1 Å². The number of carboxylic acid groups (broad SMARTS) is 1. The summed E-state index contributed by atoms with van der Waals surface area (Å²) in [5.41, 5.74) is 2.13. The number of benzene rings is 1. The van der Waals surface area contributed by atoms with Crippen molar-refractivity contribution in [3.05, 3.63) is 41.7 Å². The first kappa shape index (κ1) is 22.4. The van der Waals surface area contributed by atoms with Gasteiger partial charge in [0.05, 0.1) is 11.3 Å². The molecule has 1 aromatic carbocycles. The Balaban J connectivity index is 1.90. The van der Waals surface area contributed by atoms with E-state index >= 15 is 0 Å². The maximum Gasteiger partial charge on any atom is 0.339 e. The van der Waals surface area contributed by atoms with Gasteiger partial charge in [-0.1, -0.05) is 45.9 Å². The number of para-hydroxylation sites is 1. The van der Waals surface area contributed by atoms with Gasteiger partial charge in [-0.3, -0.25) is 4.90 Å². The van der Waals surface area contributed by atoms with Gasteiger partial charge in [0.2, 0.25) is 0 Å². The first-order valence-electron chi connectivity index (χ1n) is 11.5. The minimum Gasteiger partial charge on any atom is -0.478 e. The van der Waals surface area contributed by atoms with Gasteiger partial charge < -0.3 is 19.9 Å². The van der Waals surface area contributed by atoms with Gasteiger partial charge in [-0.05, 0) is 37.6 Å². The van der Waals surface area contributed by atoms with Crippen LogP contribution < -0.4 is 0 Å².